The molecule has 0 bridgehead atoms. The molecule has 2 aliphatic rings. The first-order chi connectivity index (χ1) is 13.1. The SMILES string of the molecule is CCC1N=C(OC)C(C2=CCC(OC)(OC)C=C2)=C(C)N1c1ccccc1. The topological polar surface area (TPSA) is 43.3 Å². The maximum Gasteiger partial charge on any atom is 0.220 e. The van der Waals surface area contributed by atoms with Gasteiger partial charge in [-0.25, -0.2) is 4.99 Å². The highest BCUT2D eigenvalue weighted by atomic mass is 16.7. The highest BCUT2D eigenvalue weighted by molar-refractivity contribution is 6.01. The van der Waals surface area contributed by atoms with E-state index < -0.39 is 5.79 Å². The summed E-state index contributed by atoms with van der Waals surface area (Å²) in [6.07, 6.45) is 7.63. The molecule has 1 unspecified atom stereocenters. The fourth-order valence-electron chi connectivity index (χ4n) is 3.65. The van der Waals surface area contributed by atoms with E-state index in [1.54, 1.807) is 21.3 Å². The number of ether oxygens (including phenoxy) is 3. The van der Waals surface area contributed by atoms with Crippen molar-refractivity contribution in [3.8, 4) is 0 Å². The van der Waals surface area contributed by atoms with Gasteiger partial charge >= 0.3 is 0 Å². The summed E-state index contributed by atoms with van der Waals surface area (Å²) >= 11 is 0. The highest BCUT2D eigenvalue weighted by Gasteiger charge is 2.33. The number of methoxy groups -OCH3 is 3. The Morgan fingerprint density at radius 1 is 1.15 bits per heavy atom. The van der Waals surface area contributed by atoms with Gasteiger partial charge in [-0.15, -0.1) is 0 Å². The van der Waals surface area contributed by atoms with Gasteiger partial charge in [0.1, 0.15) is 6.17 Å². The van der Waals surface area contributed by atoms with E-state index in [-0.39, 0.29) is 6.17 Å². The molecular weight excluding hydrogens is 340 g/mol. The first kappa shape index (κ1) is 19.4. The van der Waals surface area contributed by atoms with Gasteiger partial charge in [0, 0.05) is 32.0 Å². The van der Waals surface area contributed by atoms with E-state index in [1.165, 1.54) is 0 Å². The number of anilines is 1. The molecule has 1 aliphatic heterocycles. The molecule has 3 rings (SSSR count). The Kier molecular flexibility index (Phi) is 5.82. The number of aliphatic imine (C=N–C) groups is 1. The third kappa shape index (κ3) is 3.57. The molecule has 1 aromatic rings. The van der Waals surface area contributed by atoms with Gasteiger partial charge in [-0.05, 0) is 37.1 Å². The fourth-order valence-corrected chi connectivity index (χ4v) is 3.65. The van der Waals surface area contributed by atoms with Crippen LogP contribution in [-0.2, 0) is 14.2 Å². The Labute approximate surface area is 161 Å². The molecule has 0 N–H and O–H groups in total. The van der Waals surface area contributed by atoms with Crippen molar-refractivity contribution < 1.29 is 14.2 Å². The average molecular weight is 368 g/mol. The first-order valence-corrected chi connectivity index (χ1v) is 9.26. The monoisotopic (exact) mass is 368 g/mol. The van der Waals surface area contributed by atoms with Crippen molar-refractivity contribution in [2.24, 2.45) is 4.99 Å². The number of benzene rings is 1. The number of hydrogen-bond donors (Lipinski definition) is 0. The largest absolute Gasteiger partial charge is 0.481 e. The molecule has 144 valence electrons. The predicted octanol–water partition coefficient (Wildman–Crippen LogP) is 4.44. The van der Waals surface area contributed by atoms with E-state index in [4.69, 9.17) is 19.2 Å². The Balaban J connectivity index is 2.05. The summed E-state index contributed by atoms with van der Waals surface area (Å²) in [5.74, 6) is -0.0352. The third-order valence-corrected chi connectivity index (χ3v) is 5.20. The van der Waals surface area contributed by atoms with Crippen LogP contribution in [0.2, 0.25) is 0 Å². The van der Waals surface area contributed by atoms with Gasteiger partial charge in [0.05, 0.1) is 12.7 Å². The van der Waals surface area contributed by atoms with E-state index in [1.807, 2.05) is 18.2 Å². The Bertz CT molecular complexity index is 789. The van der Waals surface area contributed by atoms with Crippen molar-refractivity contribution in [3.05, 3.63) is 65.4 Å². The first-order valence-electron chi connectivity index (χ1n) is 9.26. The summed E-state index contributed by atoms with van der Waals surface area (Å²) < 4.78 is 16.7. The number of nitrogens with zero attached hydrogens (tertiary/aromatic N) is 2. The average Bonchev–Trinajstić information content (AvgIpc) is 2.73. The lowest BCUT2D eigenvalue weighted by atomic mass is 9.93. The molecule has 1 aromatic carbocycles. The summed E-state index contributed by atoms with van der Waals surface area (Å²) in [5.41, 5.74) is 4.32. The normalized spacial score (nSPS) is 21.8. The highest BCUT2D eigenvalue weighted by Crippen LogP contribution is 2.36. The van der Waals surface area contributed by atoms with Gasteiger partial charge in [-0.3, -0.25) is 0 Å². The second-order valence-electron chi connectivity index (χ2n) is 6.61. The van der Waals surface area contributed by atoms with Crippen LogP contribution in [0.15, 0.2) is 70.4 Å². The van der Waals surface area contributed by atoms with E-state index in [0.29, 0.717) is 12.3 Å². The second kappa shape index (κ2) is 8.11. The van der Waals surface area contributed by atoms with Crippen LogP contribution in [0.4, 0.5) is 5.69 Å². The molecule has 0 saturated heterocycles. The molecule has 0 fully saturated rings. The van der Waals surface area contributed by atoms with Crippen molar-refractivity contribution in [2.45, 2.75) is 38.6 Å². The summed E-state index contributed by atoms with van der Waals surface area (Å²) in [6, 6.07) is 10.4. The maximum atomic E-state index is 5.68. The van der Waals surface area contributed by atoms with Crippen LogP contribution in [-0.4, -0.2) is 39.2 Å². The van der Waals surface area contributed by atoms with Gasteiger partial charge in [0.15, 0.2) is 5.79 Å². The lowest BCUT2D eigenvalue weighted by Gasteiger charge is -2.37. The van der Waals surface area contributed by atoms with Gasteiger partial charge in [-0.1, -0.05) is 37.3 Å². The smallest absolute Gasteiger partial charge is 0.220 e. The molecule has 0 radical (unpaired) electrons. The molecule has 0 aromatic heterocycles. The summed E-state index contributed by atoms with van der Waals surface area (Å²) in [5, 5.41) is 0. The summed E-state index contributed by atoms with van der Waals surface area (Å²) in [4.78, 5) is 7.16. The van der Waals surface area contributed by atoms with Crippen LogP contribution in [0.5, 0.6) is 0 Å². The zero-order chi connectivity index (χ0) is 19.4. The van der Waals surface area contributed by atoms with Crippen molar-refractivity contribution in [2.75, 3.05) is 26.2 Å². The summed E-state index contributed by atoms with van der Waals surface area (Å²) in [6.45, 7) is 4.27. The summed E-state index contributed by atoms with van der Waals surface area (Å²) in [7, 11) is 4.99. The van der Waals surface area contributed by atoms with E-state index in [0.717, 1.165) is 29.0 Å². The van der Waals surface area contributed by atoms with Crippen LogP contribution in [0.1, 0.15) is 26.7 Å². The molecule has 0 amide bonds. The Hall–Kier alpha value is -2.37. The van der Waals surface area contributed by atoms with Gasteiger partial charge in [0.2, 0.25) is 5.90 Å². The molecule has 5 nitrogen and oxygen atoms in total. The van der Waals surface area contributed by atoms with E-state index in [9.17, 15) is 0 Å². The van der Waals surface area contributed by atoms with Crippen molar-refractivity contribution in [1.82, 2.24) is 0 Å². The standard InChI is InChI=1S/C22H28N2O3/c1-6-19-23-21(25-3)20(16(2)24(19)18-10-8-7-9-11-18)17-12-14-22(26-4,27-5)15-13-17/h7-14,19H,6,15H2,1-5H3. The number of para-hydroxylation sites is 1. The molecule has 1 atom stereocenters. The van der Waals surface area contributed by atoms with Crippen LogP contribution < -0.4 is 4.90 Å². The van der Waals surface area contributed by atoms with Crippen LogP contribution in [0.25, 0.3) is 0 Å². The van der Waals surface area contributed by atoms with Crippen molar-refractivity contribution >= 4 is 11.6 Å². The van der Waals surface area contributed by atoms with Crippen molar-refractivity contribution in [1.29, 1.82) is 0 Å². The number of allylic oxidation sites excluding steroid dienone is 2. The fraction of sp³-hybridized carbons (Fsp3) is 0.409. The minimum Gasteiger partial charge on any atom is -0.481 e. The van der Waals surface area contributed by atoms with Gasteiger partial charge < -0.3 is 19.1 Å². The predicted molar refractivity (Wildman–Crippen MR) is 109 cm³/mol. The van der Waals surface area contributed by atoms with Crippen LogP contribution >= 0.6 is 0 Å². The number of hydrogen-bond acceptors (Lipinski definition) is 5. The molecular formula is C22H28N2O3. The molecule has 27 heavy (non-hydrogen) atoms. The van der Waals surface area contributed by atoms with Gasteiger partial charge in [0.25, 0.3) is 0 Å². The van der Waals surface area contributed by atoms with E-state index in [2.05, 4.69) is 49.1 Å². The van der Waals surface area contributed by atoms with Gasteiger partial charge in [-0.2, -0.15) is 0 Å². The van der Waals surface area contributed by atoms with Crippen LogP contribution in [0.3, 0.4) is 0 Å². The van der Waals surface area contributed by atoms with Crippen LogP contribution in [0, 0.1) is 0 Å². The van der Waals surface area contributed by atoms with Crippen molar-refractivity contribution in [3.63, 3.8) is 0 Å². The molecule has 0 saturated carbocycles. The maximum absolute atomic E-state index is 5.68. The zero-order valence-electron chi connectivity index (χ0n) is 16.7. The zero-order valence-corrected chi connectivity index (χ0v) is 16.7. The second-order valence-corrected chi connectivity index (χ2v) is 6.61. The quantitative estimate of drug-likeness (QED) is 0.721. The van der Waals surface area contributed by atoms with E-state index >= 15 is 0 Å². The lowest BCUT2D eigenvalue weighted by Crippen LogP contribution is -2.39. The Morgan fingerprint density at radius 2 is 1.85 bits per heavy atom. The minimum absolute atomic E-state index is 0.0105. The molecule has 1 heterocycles. The molecule has 5 heteroatoms. The molecule has 1 aliphatic carbocycles. The number of rotatable bonds is 5. The lowest BCUT2D eigenvalue weighted by molar-refractivity contribution is -0.167. The Morgan fingerprint density at radius 3 is 2.37 bits per heavy atom. The minimum atomic E-state index is -0.706. The third-order valence-electron chi connectivity index (χ3n) is 5.20. The molecule has 0 spiro atoms.